The summed E-state index contributed by atoms with van der Waals surface area (Å²) in [5.41, 5.74) is 1.34. The molecule has 1 N–H and O–H groups in total. The van der Waals surface area contributed by atoms with Crippen molar-refractivity contribution in [2.24, 2.45) is 0 Å². The minimum atomic E-state index is 1.13. The summed E-state index contributed by atoms with van der Waals surface area (Å²) in [7, 11) is 4.02. The normalized spacial score (nSPS) is 19.0. The molecule has 0 unspecified atom stereocenters. The third-order valence-electron chi connectivity index (χ3n) is 2.59. The van der Waals surface area contributed by atoms with Gasteiger partial charge in [0.05, 0.1) is 26.2 Å². The SMILES string of the molecule is [CH2-][NH+]1CCN(c2ccccc2)CC1. The van der Waals surface area contributed by atoms with Crippen LogP contribution in [0, 0.1) is 7.05 Å². The van der Waals surface area contributed by atoms with Crippen molar-refractivity contribution < 1.29 is 4.90 Å². The zero-order valence-electron chi connectivity index (χ0n) is 7.87. The molecule has 0 aliphatic carbocycles. The molecule has 1 aliphatic rings. The molecule has 0 amide bonds. The molecule has 1 heterocycles. The number of quaternary nitrogens is 1. The second kappa shape index (κ2) is 3.79. The largest absolute Gasteiger partial charge is 0.465 e. The molecular weight excluding hydrogens is 160 g/mol. The van der Waals surface area contributed by atoms with E-state index in [1.165, 1.54) is 10.6 Å². The molecule has 2 heteroatoms. The van der Waals surface area contributed by atoms with Crippen LogP contribution in [-0.4, -0.2) is 26.2 Å². The van der Waals surface area contributed by atoms with E-state index in [2.05, 4.69) is 42.3 Å². The average Bonchev–Trinajstić information content (AvgIpc) is 2.20. The van der Waals surface area contributed by atoms with Gasteiger partial charge in [0.1, 0.15) is 0 Å². The highest BCUT2D eigenvalue weighted by Gasteiger charge is 2.13. The van der Waals surface area contributed by atoms with Crippen molar-refractivity contribution in [3.8, 4) is 0 Å². The van der Waals surface area contributed by atoms with Crippen LogP contribution in [0.3, 0.4) is 0 Å². The molecule has 0 saturated carbocycles. The molecule has 1 aromatic rings. The van der Waals surface area contributed by atoms with Gasteiger partial charge < -0.3 is 9.80 Å². The van der Waals surface area contributed by atoms with E-state index in [1.807, 2.05) is 0 Å². The Morgan fingerprint density at radius 1 is 1.08 bits per heavy atom. The number of nitrogens with zero attached hydrogens (tertiary/aromatic N) is 1. The van der Waals surface area contributed by atoms with Crippen LogP contribution in [0.1, 0.15) is 0 Å². The van der Waals surface area contributed by atoms with Gasteiger partial charge in [-0.15, -0.1) is 0 Å². The van der Waals surface area contributed by atoms with Crippen LogP contribution < -0.4 is 9.80 Å². The van der Waals surface area contributed by atoms with Crippen molar-refractivity contribution in [3.05, 3.63) is 37.4 Å². The van der Waals surface area contributed by atoms with E-state index in [1.54, 1.807) is 0 Å². The minimum Gasteiger partial charge on any atom is -0.465 e. The molecule has 2 nitrogen and oxygen atoms in total. The molecule has 0 atom stereocenters. The first kappa shape index (κ1) is 8.57. The van der Waals surface area contributed by atoms with Gasteiger partial charge in [-0.05, 0) is 12.1 Å². The number of rotatable bonds is 1. The van der Waals surface area contributed by atoms with E-state index in [9.17, 15) is 0 Å². The summed E-state index contributed by atoms with van der Waals surface area (Å²) < 4.78 is 0. The molecule has 0 spiro atoms. The Morgan fingerprint density at radius 3 is 2.31 bits per heavy atom. The first-order valence-electron chi connectivity index (χ1n) is 4.83. The molecule has 2 rings (SSSR count). The monoisotopic (exact) mass is 176 g/mol. The lowest BCUT2D eigenvalue weighted by molar-refractivity contribution is -0.854. The third-order valence-corrected chi connectivity index (χ3v) is 2.59. The van der Waals surface area contributed by atoms with Gasteiger partial charge in [0, 0.05) is 5.69 Å². The Balaban J connectivity index is 2.03. The summed E-state index contributed by atoms with van der Waals surface area (Å²) in [5, 5.41) is 0. The van der Waals surface area contributed by atoms with Crippen molar-refractivity contribution in [1.82, 2.24) is 0 Å². The lowest BCUT2D eigenvalue weighted by atomic mass is 10.2. The standard InChI is InChI=1S/C11H16N2/c1-12-7-9-13(10-8-12)11-5-3-2-4-6-11/h2-6,12H,1,7-10H2. The van der Waals surface area contributed by atoms with Gasteiger partial charge in [-0.1, -0.05) is 18.2 Å². The molecular formula is C11H16N2. The molecule has 0 bridgehead atoms. The van der Waals surface area contributed by atoms with Crippen LogP contribution in [-0.2, 0) is 0 Å². The Morgan fingerprint density at radius 2 is 1.69 bits per heavy atom. The highest BCUT2D eigenvalue weighted by atomic mass is 15.2. The molecule has 1 fully saturated rings. The van der Waals surface area contributed by atoms with Gasteiger partial charge in [-0.25, -0.2) is 0 Å². The van der Waals surface area contributed by atoms with Gasteiger partial charge in [-0.2, -0.15) is 7.05 Å². The van der Waals surface area contributed by atoms with Gasteiger partial charge in [0.2, 0.25) is 0 Å². The quantitative estimate of drug-likeness (QED) is 0.600. The molecule has 70 valence electrons. The molecule has 1 aromatic carbocycles. The van der Waals surface area contributed by atoms with E-state index in [0.29, 0.717) is 0 Å². The summed E-state index contributed by atoms with van der Waals surface area (Å²) in [6, 6.07) is 10.6. The first-order chi connectivity index (χ1) is 6.36. The zero-order valence-corrected chi connectivity index (χ0v) is 7.87. The summed E-state index contributed by atoms with van der Waals surface area (Å²) in [5.74, 6) is 0. The maximum atomic E-state index is 4.02. The number of para-hydroxylation sites is 1. The van der Waals surface area contributed by atoms with Crippen molar-refractivity contribution in [1.29, 1.82) is 0 Å². The molecule has 0 radical (unpaired) electrons. The third kappa shape index (κ3) is 2.01. The highest BCUT2D eigenvalue weighted by Crippen LogP contribution is 2.12. The van der Waals surface area contributed by atoms with Crippen molar-refractivity contribution in [2.45, 2.75) is 0 Å². The van der Waals surface area contributed by atoms with Gasteiger partial charge >= 0.3 is 0 Å². The maximum Gasteiger partial charge on any atom is 0.0709 e. The minimum absolute atomic E-state index is 1.13. The fraction of sp³-hybridized carbons (Fsp3) is 0.364. The fourth-order valence-corrected chi connectivity index (χ4v) is 1.72. The van der Waals surface area contributed by atoms with Crippen molar-refractivity contribution >= 4 is 5.69 Å². The number of anilines is 1. The summed E-state index contributed by atoms with van der Waals surface area (Å²) >= 11 is 0. The predicted molar refractivity (Wildman–Crippen MR) is 54.7 cm³/mol. The van der Waals surface area contributed by atoms with E-state index in [0.717, 1.165) is 26.2 Å². The lowest BCUT2D eigenvalue weighted by Gasteiger charge is -2.35. The Bertz CT molecular complexity index is 250. The highest BCUT2D eigenvalue weighted by molar-refractivity contribution is 5.45. The predicted octanol–water partition coefficient (Wildman–Crippen LogP) is 0.183. The number of benzene rings is 1. The Labute approximate surface area is 79.8 Å². The molecule has 0 aromatic heterocycles. The molecule has 13 heavy (non-hydrogen) atoms. The van der Waals surface area contributed by atoms with Gasteiger partial charge in [-0.3, -0.25) is 0 Å². The van der Waals surface area contributed by atoms with Crippen molar-refractivity contribution in [3.63, 3.8) is 0 Å². The van der Waals surface area contributed by atoms with Crippen LogP contribution in [0.5, 0.6) is 0 Å². The number of hydrogen-bond acceptors (Lipinski definition) is 1. The van der Waals surface area contributed by atoms with Crippen LogP contribution in [0.2, 0.25) is 0 Å². The summed E-state index contributed by atoms with van der Waals surface area (Å²) in [6.45, 7) is 4.55. The fourth-order valence-electron chi connectivity index (χ4n) is 1.72. The number of piperazine rings is 1. The molecule has 1 saturated heterocycles. The van der Waals surface area contributed by atoms with Crippen molar-refractivity contribution in [2.75, 3.05) is 31.1 Å². The second-order valence-electron chi connectivity index (χ2n) is 3.57. The number of hydrogen-bond donors (Lipinski definition) is 1. The van der Waals surface area contributed by atoms with Crippen LogP contribution in [0.4, 0.5) is 5.69 Å². The first-order valence-corrected chi connectivity index (χ1v) is 4.83. The smallest absolute Gasteiger partial charge is 0.0709 e. The Kier molecular flexibility index (Phi) is 2.50. The van der Waals surface area contributed by atoms with E-state index >= 15 is 0 Å². The van der Waals surface area contributed by atoms with E-state index in [4.69, 9.17) is 0 Å². The summed E-state index contributed by atoms with van der Waals surface area (Å²) in [4.78, 5) is 3.82. The zero-order chi connectivity index (χ0) is 9.10. The number of nitrogens with one attached hydrogen (secondary N) is 1. The maximum absolute atomic E-state index is 4.02. The van der Waals surface area contributed by atoms with Crippen LogP contribution in [0.25, 0.3) is 0 Å². The van der Waals surface area contributed by atoms with E-state index in [-0.39, 0.29) is 0 Å². The lowest BCUT2D eigenvalue weighted by Crippen LogP contribution is -3.10. The topological polar surface area (TPSA) is 7.68 Å². The van der Waals surface area contributed by atoms with Crippen LogP contribution in [0.15, 0.2) is 30.3 Å². The average molecular weight is 176 g/mol. The second-order valence-corrected chi connectivity index (χ2v) is 3.57. The molecule has 1 aliphatic heterocycles. The van der Waals surface area contributed by atoms with Gasteiger partial charge in [0.15, 0.2) is 0 Å². The van der Waals surface area contributed by atoms with E-state index < -0.39 is 0 Å². The van der Waals surface area contributed by atoms with Gasteiger partial charge in [0.25, 0.3) is 0 Å². The summed E-state index contributed by atoms with van der Waals surface area (Å²) in [6.07, 6.45) is 0. The Hall–Kier alpha value is -1.02. The van der Waals surface area contributed by atoms with Crippen LogP contribution >= 0.6 is 0 Å².